The van der Waals surface area contributed by atoms with E-state index in [0.29, 0.717) is 6.04 Å². The van der Waals surface area contributed by atoms with Crippen molar-refractivity contribution in [3.8, 4) is 0 Å². The minimum Gasteiger partial charge on any atom is -0.381 e. The molecule has 0 spiro atoms. The molecule has 4 heteroatoms. The lowest BCUT2D eigenvalue weighted by Crippen LogP contribution is -2.21. The van der Waals surface area contributed by atoms with Crippen LogP contribution in [0.1, 0.15) is 49.2 Å². The molecule has 0 saturated carbocycles. The van der Waals surface area contributed by atoms with Gasteiger partial charge in [-0.05, 0) is 58.2 Å². The Morgan fingerprint density at radius 1 is 1.26 bits per heavy atom. The van der Waals surface area contributed by atoms with Gasteiger partial charge in [0.1, 0.15) is 0 Å². The molecule has 0 bridgehead atoms. The summed E-state index contributed by atoms with van der Waals surface area (Å²) in [5.74, 6) is 0. The van der Waals surface area contributed by atoms with Gasteiger partial charge in [-0.1, -0.05) is 6.92 Å². The quantitative estimate of drug-likeness (QED) is 0.803. The summed E-state index contributed by atoms with van der Waals surface area (Å²) in [7, 11) is 0. The maximum Gasteiger partial charge on any atom is 0.0629 e. The number of ether oxygens (including phenoxy) is 1. The first-order valence-corrected chi connectivity index (χ1v) is 7.57. The molecule has 19 heavy (non-hydrogen) atoms. The fraction of sp³-hybridized carbons (Fsp3) is 0.800. The lowest BCUT2D eigenvalue weighted by molar-refractivity contribution is 0.0656. The van der Waals surface area contributed by atoms with E-state index >= 15 is 0 Å². The van der Waals surface area contributed by atoms with Gasteiger partial charge in [-0.15, -0.1) is 0 Å². The first kappa shape index (κ1) is 14.5. The van der Waals surface area contributed by atoms with Crippen molar-refractivity contribution >= 4 is 0 Å². The topological polar surface area (TPSA) is 39.1 Å². The molecule has 1 aliphatic rings. The Morgan fingerprint density at radius 2 is 2.00 bits per heavy atom. The molecule has 0 radical (unpaired) electrons. The number of hydrogen-bond acceptors (Lipinski definition) is 3. The normalized spacial score (nSPS) is 17.0. The van der Waals surface area contributed by atoms with Gasteiger partial charge in [0.05, 0.1) is 11.7 Å². The molecule has 1 aromatic heterocycles. The molecule has 108 valence electrons. The van der Waals surface area contributed by atoms with E-state index < -0.39 is 0 Å². The summed E-state index contributed by atoms with van der Waals surface area (Å²) in [6, 6.07) is 0.532. The predicted molar refractivity (Wildman–Crippen MR) is 77.7 cm³/mol. The number of aromatic nitrogens is 2. The second-order valence-corrected chi connectivity index (χ2v) is 5.44. The highest BCUT2D eigenvalue weighted by atomic mass is 16.5. The molecule has 0 aromatic carbocycles. The average molecular weight is 265 g/mol. The van der Waals surface area contributed by atoms with Gasteiger partial charge in [0, 0.05) is 18.9 Å². The lowest BCUT2D eigenvalue weighted by atomic mass is 10.1. The highest BCUT2D eigenvalue weighted by Gasteiger charge is 2.20. The third-order valence-corrected chi connectivity index (χ3v) is 3.99. The minimum atomic E-state index is 0.532. The van der Waals surface area contributed by atoms with E-state index in [1.165, 1.54) is 23.4 Å². The molecule has 0 aliphatic carbocycles. The standard InChI is InChI=1S/C15H27N3O/c1-4-8-16-9-5-15-12(2)17-18(13(15)3)14-6-10-19-11-7-14/h14,16H,4-11H2,1-3H3. The molecule has 1 saturated heterocycles. The van der Waals surface area contributed by atoms with Crippen molar-refractivity contribution in [2.45, 2.75) is 52.5 Å². The van der Waals surface area contributed by atoms with Crippen LogP contribution < -0.4 is 5.32 Å². The van der Waals surface area contributed by atoms with Gasteiger partial charge in [-0.2, -0.15) is 5.10 Å². The van der Waals surface area contributed by atoms with E-state index in [9.17, 15) is 0 Å². The molecule has 2 heterocycles. The van der Waals surface area contributed by atoms with E-state index in [2.05, 4.69) is 30.8 Å². The Hall–Kier alpha value is -0.870. The zero-order valence-corrected chi connectivity index (χ0v) is 12.5. The zero-order chi connectivity index (χ0) is 13.7. The fourth-order valence-electron chi connectivity index (χ4n) is 2.86. The van der Waals surface area contributed by atoms with Crippen LogP contribution in [0.5, 0.6) is 0 Å². The first-order valence-electron chi connectivity index (χ1n) is 7.57. The van der Waals surface area contributed by atoms with Crippen LogP contribution in [0.25, 0.3) is 0 Å². The van der Waals surface area contributed by atoms with Crippen molar-refractivity contribution in [2.24, 2.45) is 0 Å². The van der Waals surface area contributed by atoms with Crippen molar-refractivity contribution in [2.75, 3.05) is 26.3 Å². The SMILES string of the molecule is CCCNCCc1c(C)nn(C2CCOCC2)c1C. The third kappa shape index (κ3) is 3.57. The summed E-state index contributed by atoms with van der Waals surface area (Å²) >= 11 is 0. The second-order valence-electron chi connectivity index (χ2n) is 5.44. The van der Waals surface area contributed by atoms with Crippen LogP contribution >= 0.6 is 0 Å². The summed E-state index contributed by atoms with van der Waals surface area (Å²) < 4.78 is 7.68. The van der Waals surface area contributed by atoms with Crippen molar-refractivity contribution in [3.63, 3.8) is 0 Å². The van der Waals surface area contributed by atoms with E-state index in [-0.39, 0.29) is 0 Å². The molecule has 1 N–H and O–H groups in total. The summed E-state index contributed by atoms with van der Waals surface area (Å²) in [6.45, 7) is 10.4. The lowest BCUT2D eigenvalue weighted by Gasteiger charge is -2.23. The number of aryl methyl sites for hydroxylation is 1. The number of nitrogens with zero attached hydrogens (tertiary/aromatic N) is 2. The maximum atomic E-state index is 5.44. The van der Waals surface area contributed by atoms with Gasteiger partial charge >= 0.3 is 0 Å². The van der Waals surface area contributed by atoms with Gasteiger partial charge < -0.3 is 10.1 Å². The van der Waals surface area contributed by atoms with Crippen molar-refractivity contribution in [1.82, 2.24) is 15.1 Å². The Morgan fingerprint density at radius 3 is 2.68 bits per heavy atom. The Labute approximate surface area is 116 Å². The maximum absolute atomic E-state index is 5.44. The fourth-order valence-corrected chi connectivity index (χ4v) is 2.86. The molecule has 1 aromatic rings. The third-order valence-electron chi connectivity index (χ3n) is 3.99. The van der Waals surface area contributed by atoms with E-state index in [1.54, 1.807) is 0 Å². The van der Waals surface area contributed by atoms with Crippen molar-refractivity contribution in [3.05, 3.63) is 17.0 Å². The van der Waals surface area contributed by atoms with Crippen LogP contribution in [0.15, 0.2) is 0 Å². The van der Waals surface area contributed by atoms with Crippen LogP contribution in [0.3, 0.4) is 0 Å². The van der Waals surface area contributed by atoms with Crippen LogP contribution in [0, 0.1) is 13.8 Å². The molecule has 0 unspecified atom stereocenters. The summed E-state index contributed by atoms with van der Waals surface area (Å²) in [5, 5.41) is 8.24. The predicted octanol–water partition coefficient (Wildman–Crippen LogP) is 2.39. The van der Waals surface area contributed by atoms with Crippen LogP contribution in [-0.2, 0) is 11.2 Å². The smallest absolute Gasteiger partial charge is 0.0629 e. The molecule has 1 fully saturated rings. The molecular formula is C15H27N3O. The van der Waals surface area contributed by atoms with E-state index in [0.717, 1.165) is 45.6 Å². The molecule has 1 aliphatic heterocycles. The zero-order valence-electron chi connectivity index (χ0n) is 12.5. The van der Waals surface area contributed by atoms with E-state index in [1.807, 2.05) is 0 Å². The van der Waals surface area contributed by atoms with E-state index in [4.69, 9.17) is 9.84 Å². The van der Waals surface area contributed by atoms with Gasteiger partial charge in [0.15, 0.2) is 0 Å². The molecule has 0 amide bonds. The monoisotopic (exact) mass is 265 g/mol. The summed E-state index contributed by atoms with van der Waals surface area (Å²) in [6.07, 6.45) is 4.46. The van der Waals surface area contributed by atoms with Crippen LogP contribution in [0.2, 0.25) is 0 Å². The Kier molecular flexibility index (Phi) is 5.40. The summed E-state index contributed by atoms with van der Waals surface area (Å²) in [5.41, 5.74) is 3.97. The van der Waals surface area contributed by atoms with Gasteiger partial charge in [-0.3, -0.25) is 4.68 Å². The largest absolute Gasteiger partial charge is 0.381 e. The molecule has 4 nitrogen and oxygen atoms in total. The number of hydrogen-bond donors (Lipinski definition) is 1. The van der Waals surface area contributed by atoms with Gasteiger partial charge in [0.25, 0.3) is 0 Å². The molecular weight excluding hydrogens is 238 g/mol. The minimum absolute atomic E-state index is 0.532. The Balaban J connectivity index is 2.01. The van der Waals surface area contributed by atoms with Gasteiger partial charge in [-0.25, -0.2) is 0 Å². The summed E-state index contributed by atoms with van der Waals surface area (Å²) in [4.78, 5) is 0. The highest BCUT2D eigenvalue weighted by molar-refractivity contribution is 5.25. The first-order chi connectivity index (χ1) is 9.24. The van der Waals surface area contributed by atoms with Crippen LogP contribution in [-0.4, -0.2) is 36.1 Å². The van der Waals surface area contributed by atoms with Crippen molar-refractivity contribution < 1.29 is 4.74 Å². The average Bonchev–Trinajstić information content (AvgIpc) is 2.72. The van der Waals surface area contributed by atoms with Gasteiger partial charge in [0.2, 0.25) is 0 Å². The molecule has 0 atom stereocenters. The Bertz CT molecular complexity index is 394. The number of nitrogens with one attached hydrogen (secondary N) is 1. The van der Waals surface area contributed by atoms with Crippen molar-refractivity contribution in [1.29, 1.82) is 0 Å². The van der Waals surface area contributed by atoms with Crippen LogP contribution in [0.4, 0.5) is 0 Å². The molecule has 2 rings (SSSR count). The second kappa shape index (κ2) is 7.06. The number of rotatable bonds is 6. The highest BCUT2D eigenvalue weighted by Crippen LogP contribution is 2.24.